The number of ether oxygens (including phenoxy) is 3. The van der Waals surface area contributed by atoms with Crippen molar-refractivity contribution in [1.82, 2.24) is 0 Å². The summed E-state index contributed by atoms with van der Waals surface area (Å²) >= 11 is 0. The maximum Gasteiger partial charge on any atom is 0.303 e. The van der Waals surface area contributed by atoms with Crippen molar-refractivity contribution in [3.8, 4) is 11.5 Å². The standard InChI is InChI=1S/C19H20O4/c1-12-4-9-17-16(10-12)19(22-13(2)20)11-18(23-17)14-5-7-15(21-3)8-6-14/h4-10,18-19H,11H2,1-3H3/t18-,19-/m0/s1. The number of carbonyl (C=O) groups is 1. The van der Waals surface area contributed by atoms with Gasteiger partial charge in [-0.3, -0.25) is 4.79 Å². The van der Waals surface area contributed by atoms with Gasteiger partial charge in [-0.05, 0) is 36.8 Å². The Balaban J connectivity index is 1.92. The van der Waals surface area contributed by atoms with Gasteiger partial charge in [-0.1, -0.05) is 23.8 Å². The molecule has 3 rings (SSSR count). The van der Waals surface area contributed by atoms with Crippen molar-refractivity contribution in [2.45, 2.75) is 32.5 Å². The zero-order valence-corrected chi connectivity index (χ0v) is 13.5. The van der Waals surface area contributed by atoms with Crippen molar-refractivity contribution in [1.29, 1.82) is 0 Å². The molecule has 2 aromatic rings. The normalized spacial score (nSPS) is 19.4. The molecule has 0 bridgehead atoms. The number of hydrogen-bond acceptors (Lipinski definition) is 4. The highest BCUT2D eigenvalue weighted by Crippen LogP contribution is 2.43. The van der Waals surface area contributed by atoms with Crippen molar-refractivity contribution >= 4 is 5.97 Å². The first kappa shape index (κ1) is 15.4. The Morgan fingerprint density at radius 2 is 1.91 bits per heavy atom. The van der Waals surface area contributed by atoms with Gasteiger partial charge in [0, 0.05) is 18.9 Å². The van der Waals surface area contributed by atoms with Gasteiger partial charge in [0.05, 0.1) is 7.11 Å². The predicted octanol–water partition coefficient (Wildman–Crippen LogP) is 4.13. The SMILES string of the molecule is COc1ccc([C@@H]2C[C@H](OC(C)=O)c3cc(C)ccc3O2)cc1. The number of rotatable bonds is 3. The van der Waals surface area contributed by atoms with Gasteiger partial charge in [0.25, 0.3) is 0 Å². The van der Waals surface area contributed by atoms with Gasteiger partial charge in [-0.25, -0.2) is 0 Å². The van der Waals surface area contributed by atoms with Crippen molar-refractivity contribution in [3.63, 3.8) is 0 Å². The summed E-state index contributed by atoms with van der Waals surface area (Å²) in [5, 5.41) is 0. The highest BCUT2D eigenvalue weighted by Gasteiger charge is 2.31. The van der Waals surface area contributed by atoms with Gasteiger partial charge in [0.1, 0.15) is 23.7 Å². The third-order valence-electron chi connectivity index (χ3n) is 4.01. The van der Waals surface area contributed by atoms with E-state index in [1.807, 2.05) is 49.4 Å². The van der Waals surface area contributed by atoms with Crippen LogP contribution in [-0.2, 0) is 9.53 Å². The Morgan fingerprint density at radius 1 is 1.17 bits per heavy atom. The molecule has 0 saturated heterocycles. The lowest BCUT2D eigenvalue weighted by atomic mass is 9.94. The first-order valence-corrected chi connectivity index (χ1v) is 7.65. The van der Waals surface area contributed by atoms with E-state index in [9.17, 15) is 4.79 Å². The molecular weight excluding hydrogens is 292 g/mol. The fraction of sp³-hybridized carbons (Fsp3) is 0.316. The third kappa shape index (κ3) is 3.31. The summed E-state index contributed by atoms with van der Waals surface area (Å²) in [4.78, 5) is 11.5. The van der Waals surface area contributed by atoms with Gasteiger partial charge in [-0.15, -0.1) is 0 Å². The van der Waals surface area contributed by atoms with Crippen molar-refractivity contribution in [3.05, 3.63) is 59.2 Å². The molecule has 0 aliphatic carbocycles. The van der Waals surface area contributed by atoms with Crippen molar-refractivity contribution in [2.24, 2.45) is 0 Å². The summed E-state index contributed by atoms with van der Waals surface area (Å²) in [6.45, 7) is 3.45. The van der Waals surface area contributed by atoms with Crippen LogP contribution in [0.1, 0.15) is 42.2 Å². The third-order valence-corrected chi connectivity index (χ3v) is 4.01. The molecule has 0 spiro atoms. The van der Waals surface area contributed by atoms with Crippen LogP contribution < -0.4 is 9.47 Å². The van der Waals surface area contributed by atoms with E-state index in [1.165, 1.54) is 6.92 Å². The Hall–Kier alpha value is -2.49. The second-order valence-electron chi connectivity index (χ2n) is 5.75. The van der Waals surface area contributed by atoms with Crippen LogP contribution in [0.2, 0.25) is 0 Å². The molecule has 4 heteroatoms. The number of fused-ring (bicyclic) bond motifs is 1. The molecular formula is C19H20O4. The van der Waals surface area contributed by atoms with E-state index in [4.69, 9.17) is 14.2 Å². The molecule has 1 aliphatic heterocycles. The smallest absolute Gasteiger partial charge is 0.303 e. The van der Waals surface area contributed by atoms with E-state index in [-0.39, 0.29) is 18.2 Å². The van der Waals surface area contributed by atoms with Crippen LogP contribution in [-0.4, -0.2) is 13.1 Å². The first-order chi connectivity index (χ1) is 11.1. The van der Waals surface area contributed by atoms with Gasteiger partial charge in [0.15, 0.2) is 0 Å². The maximum absolute atomic E-state index is 11.5. The van der Waals surface area contributed by atoms with Crippen LogP contribution in [0.4, 0.5) is 0 Å². The molecule has 2 aromatic carbocycles. The number of benzene rings is 2. The van der Waals surface area contributed by atoms with Crippen molar-refractivity contribution < 1.29 is 19.0 Å². The lowest BCUT2D eigenvalue weighted by Crippen LogP contribution is -2.22. The number of methoxy groups -OCH3 is 1. The van der Waals surface area contributed by atoms with Crippen LogP contribution in [0.25, 0.3) is 0 Å². The minimum absolute atomic E-state index is 0.152. The second-order valence-corrected chi connectivity index (χ2v) is 5.75. The number of aryl methyl sites for hydroxylation is 1. The first-order valence-electron chi connectivity index (χ1n) is 7.65. The predicted molar refractivity (Wildman–Crippen MR) is 86.7 cm³/mol. The molecule has 0 fully saturated rings. The van der Waals surface area contributed by atoms with Crippen LogP contribution >= 0.6 is 0 Å². The fourth-order valence-corrected chi connectivity index (χ4v) is 2.88. The van der Waals surface area contributed by atoms with Crippen molar-refractivity contribution in [2.75, 3.05) is 7.11 Å². The number of carbonyl (C=O) groups excluding carboxylic acids is 1. The molecule has 0 N–H and O–H groups in total. The summed E-state index contributed by atoms with van der Waals surface area (Å²) in [7, 11) is 1.64. The van der Waals surface area contributed by atoms with Crippen LogP contribution in [0, 0.1) is 6.92 Å². The molecule has 0 unspecified atom stereocenters. The van der Waals surface area contributed by atoms with Gasteiger partial charge < -0.3 is 14.2 Å². The van der Waals surface area contributed by atoms with E-state index in [2.05, 4.69) is 0 Å². The Labute approximate surface area is 136 Å². The molecule has 4 nitrogen and oxygen atoms in total. The molecule has 0 amide bonds. The summed E-state index contributed by atoms with van der Waals surface area (Å²) in [5.74, 6) is 1.30. The molecule has 2 atom stereocenters. The molecule has 0 aromatic heterocycles. The summed E-state index contributed by atoms with van der Waals surface area (Å²) in [6.07, 6.45) is 0.159. The largest absolute Gasteiger partial charge is 0.497 e. The minimum Gasteiger partial charge on any atom is -0.497 e. The summed E-state index contributed by atoms with van der Waals surface area (Å²) in [6, 6.07) is 13.7. The van der Waals surface area contributed by atoms with E-state index < -0.39 is 0 Å². The lowest BCUT2D eigenvalue weighted by molar-refractivity contribution is -0.149. The number of hydrogen-bond donors (Lipinski definition) is 0. The van der Waals surface area contributed by atoms with Gasteiger partial charge in [0.2, 0.25) is 0 Å². The van der Waals surface area contributed by atoms with Crippen LogP contribution in [0.3, 0.4) is 0 Å². The second kappa shape index (κ2) is 6.32. The van der Waals surface area contributed by atoms with E-state index in [0.29, 0.717) is 6.42 Å². The molecule has 1 heterocycles. The maximum atomic E-state index is 11.5. The van der Waals surface area contributed by atoms with Gasteiger partial charge in [-0.2, -0.15) is 0 Å². The Bertz CT molecular complexity index is 706. The van der Waals surface area contributed by atoms with Crippen LogP contribution in [0.5, 0.6) is 11.5 Å². The monoisotopic (exact) mass is 312 g/mol. The molecule has 23 heavy (non-hydrogen) atoms. The average Bonchev–Trinajstić information content (AvgIpc) is 2.54. The number of esters is 1. The average molecular weight is 312 g/mol. The minimum atomic E-state index is -0.289. The highest BCUT2D eigenvalue weighted by atomic mass is 16.6. The fourth-order valence-electron chi connectivity index (χ4n) is 2.88. The molecule has 0 radical (unpaired) electrons. The quantitative estimate of drug-likeness (QED) is 0.799. The topological polar surface area (TPSA) is 44.8 Å². The summed E-state index contributed by atoms with van der Waals surface area (Å²) in [5.41, 5.74) is 3.09. The highest BCUT2D eigenvalue weighted by molar-refractivity contribution is 5.66. The van der Waals surface area contributed by atoms with E-state index in [0.717, 1.165) is 28.2 Å². The van der Waals surface area contributed by atoms with E-state index >= 15 is 0 Å². The van der Waals surface area contributed by atoms with Crippen LogP contribution in [0.15, 0.2) is 42.5 Å². The lowest BCUT2D eigenvalue weighted by Gasteiger charge is -2.32. The zero-order valence-electron chi connectivity index (χ0n) is 13.5. The molecule has 0 saturated carbocycles. The van der Waals surface area contributed by atoms with E-state index in [1.54, 1.807) is 7.11 Å². The summed E-state index contributed by atoms with van der Waals surface area (Å²) < 4.78 is 16.8. The molecule has 120 valence electrons. The molecule has 1 aliphatic rings. The zero-order chi connectivity index (χ0) is 16.4. The Morgan fingerprint density at radius 3 is 2.57 bits per heavy atom. The Kier molecular flexibility index (Phi) is 4.24. The van der Waals surface area contributed by atoms with Gasteiger partial charge >= 0.3 is 5.97 Å².